The number of rotatable bonds is 6. The highest BCUT2D eigenvalue weighted by Crippen LogP contribution is 2.26. The summed E-state index contributed by atoms with van der Waals surface area (Å²) in [5.41, 5.74) is 2.91. The van der Waals surface area contributed by atoms with Crippen molar-refractivity contribution in [3.05, 3.63) is 0 Å². The predicted molar refractivity (Wildman–Crippen MR) is 75.9 cm³/mol. The Balaban J connectivity index is 2.37. The van der Waals surface area contributed by atoms with Gasteiger partial charge < -0.3 is 0 Å². The van der Waals surface area contributed by atoms with Gasteiger partial charge in [-0.15, -0.1) is 0 Å². The zero-order valence-electron chi connectivity index (χ0n) is 11.5. The molecule has 0 aliphatic heterocycles. The molecule has 1 aliphatic rings. The number of hydrogen-bond acceptors (Lipinski definition) is 4. The highest BCUT2D eigenvalue weighted by Gasteiger charge is 2.21. The number of sulfone groups is 1. The minimum Gasteiger partial charge on any atom is -0.271 e. The van der Waals surface area contributed by atoms with Crippen LogP contribution in [0.15, 0.2) is 0 Å². The zero-order chi connectivity index (χ0) is 13.4. The first-order valence-corrected chi connectivity index (χ1v) is 9.23. The molecule has 3 N–H and O–H groups in total. The summed E-state index contributed by atoms with van der Waals surface area (Å²) in [6, 6.07) is 0.282. The summed E-state index contributed by atoms with van der Waals surface area (Å²) < 4.78 is 22.3. The molecule has 0 amide bonds. The van der Waals surface area contributed by atoms with Gasteiger partial charge >= 0.3 is 0 Å². The molecule has 0 spiro atoms. The second kappa shape index (κ2) is 8.12. The molecule has 4 nitrogen and oxygen atoms in total. The van der Waals surface area contributed by atoms with Crippen LogP contribution >= 0.6 is 0 Å². The van der Waals surface area contributed by atoms with Crippen LogP contribution in [0.4, 0.5) is 0 Å². The van der Waals surface area contributed by atoms with Crippen molar-refractivity contribution in [3.63, 3.8) is 0 Å². The van der Waals surface area contributed by atoms with E-state index in [4.69, 9.17) is 5.84 Å². The first-order chi connectivity index (χ1) is 8.53. The first kappa shape index (κ1) is 15.9. The maximum atomic E-state index is 11.1. The molecule has 1 rings (SSSR count). The van der Waals surface area contributed by atoms with Crippen molar-refractivity contribution < 1.29 is 8.42 Å². The lowest BCUT2D eigenvalue weighted by Crippen LogP contribution is -2.41. The summed E-state index contributed by atoms with van der Waals surface area (Å²) in [5.74, 6) is 6.54. The zero-order valence-corrected chi connectivity index (χ0v) is 12.3. The SMILES string of the molecule is CS(=O)(=O)CCCC(NN)C1CCCCCCC1. The van der Waals surface area contributed by atoms with Gasteiger partial charge in [-0.25, -0.2) is 8.42 Å². The highest BCUT2D eigenvalue weighted by atomic mass is 32.2. The second-order valence-electron chi connectivity index (χ2n) is 5.65. The van der Waals surface area contributed by atoms with E-state index >= 15 is 0 Å². The minimum atomic E-state index is -2.84. The molecule has 0 aromatic heterocycles. The summed E-state index contributed by atoms with van der Waals surface area (Å²) >= 11 is 0. The second-order valence-corrected chi connectivity index (χ2v) is 7.91. The van der Waals surface area contributed by atoms with Crippen LogP contribution in [0.25, 0.3) is 0 Å². The number of hydrazine groups is 1. The maximum Gasteiger partial charge on any atom is 0.147 e. The molecule has 0 aromatic rings. The number of nitrogens with two attached hydrogens (primary N) is 1. The standard InChI is InChI=1S/C13H28N2O2S/c1-18(16,17)11-7-10-13(15-14)12-8-5-3-2-4-6-9-12/h12-13,15H,2-11,14H2,1H3. The van der Waals surface area contributed by atoms with Crippen molar-refractivity contribution >= 4 is 9.84 Å². The molecule has 108 valence electrons. The van der Waals surface area contributed by atoms with E-state index < -0.39 is 9.84 Å². The molecule has 1 unspecified atom stereocenters. The van der Waals surface area contributed by atoms with Gasteiger partial charge in [-0.2, -0.15) is 0 Å². The van der Waals surface area contributed by atoms with E-state index in [1.807, 2.05) is 0 Å². The Morgan fingerprint density at radius 2 is 1.72 bits per heavy atom. The largest absolute Gasteiger partial charge is 0.271 e. The Labute approximate surface area is 112 Å². The van der Waals surface area contributed by atoms with Crippen molar-refractivity contribution in [1.82, 2.24) is 5.43 Å². The first-order valence-electron chi connectivity index (χ1n) is 7.17. The van der Waals surface area contributed by atoms with Crippen LogP contribution in [0.1, 0.15) is 57.8 Å². The Kier molecular flexibility index (Phi) is 7.19. The quantitative estimate of drug-likeness (QED) is 0.575. The molecule has 5 heteroatoms. The van der Waals surface area contributed by atoms with E-state index in [1.54, 1.807) is 0 Å². The molecular formula is C13H28N2O2S. The summed E-state index contributed by atoms with van der Waals surface area (Å²) in [6.07, 6.45) is 11.9. The third kappa shape index (κ3) is 6.71. The molecule has 18 heavy (non-hydrogen) atoms. The Hall–Kier alpha value is -0.130. The Morgan fingerprint density at radius 3 is 2.22 bits per heavy atom. The predicted octanol–water partition coefficient (Wildman–Crippen LogP) is 2.00. The molecule has 0 radical (unpaired) electrons. The van der Waals surface area contributed by atoms with Gasteiger partial charge in [-0.3, -0.25) is 11.3 Å². The van der Waals surface area contributed by atoms with Gasteiger partial charge in [0.05, 0.1) is 0 Å². The van der Waals surface area contributed by atoms with E-state index in [0.29, 0.717) is 12.3 Å². The fraction of sp³-hybridized carbons (Fsp3) is 1.00. The smallest absolute Gasteiger partial charge is 0.147 e. The average molecular weight is 276 g/mol. The molecule has 1 fully saturated rings. The topological polar surface area (TPSA) is 72.2 Å². The van der Waals surface area contributed by atoms with Gasteiger partial charge in [0.25, 0.3) is 0 Å². The minimum absolute atomic E-state index is 0.276. The van der Waals surface area contributed by atoms with Crippen LogP contribution in [0.2, 0.25) is 0 Å². The van der Waals surface area contributed by atoms with Crippen molar-refractivity contribution in [2.45, 2.75) is 63.8 Å². The van der Waals surface area contributed by atoms with E-state index in [1.165, 1.54) is 51.2 Å². The molecule has 0 heterocycles. The summed E-state index contributed by atoms with van der Waals surface area (Å²) in [4.78, 5) is 0. The van der Waals surface area contributed by atoms with Crippen LogP contribution in [-0.2, 0) is 9.84 Å². The van der Waals surface area contributed by atoms with Crippen LogP contribution in [0, 0.1) is 5.92 Å². The number of nitrogens with one attached hydrogen (secondary N) is 1. The molecule has 1 atom stereocenters. The van der Waals surface area contributed by atoms with Crippen molar-refractivity contribution in [2.24, 2.45) is 11.8 Å². The lowest BCUT2D eigenvalue weighted by Gasteiger charge is -2.28. The molecular weight excluding hydrogens is 248 g/mol. The third-order valence-corrected chi connectivity index (χ3v) is 4.99. The molecule has 0 aromatic carbocycles. The van der Waals surface area contributed by atoms with Gasteiger partial charge in [-0.1, -0.05) is 32.1 Å². The third-order valence-electron chi connectivity index (χ3n) is 3.96. The molecule has 0 bridgehead atoms. The lowest BCUT2D eigenvalue weighted by atomic mass is 9.84. The Morgan fingerprint density at radius 1 is 1.17 bits per heavy atom. The monoisotopic (exact) mass is 276 g/mol. The Bertz CT molecular complexity index is 309. The van der Waals surface area contributed by atoms with Crippen molar-refractivity contribution in [1.29, 1.82) is 0 Å². The molecule has 0 saturated heterocycles. The van der Waals surface area contributed by atoms with E-state index in [-0.39, 0.29) is 11.8 Å². The van der Waals surface area contributed by atoms with Crippen LogP contribution in [-0.4, -0.2) is 26.5 Å². The van der Waals surface area contributed by atoms with Crippen LogP contribution < -0.4 is 11.3 Å². The lowest BCUT2D eigenvalue weighted by molar-refractivity contribution is 0.274. The van der Waals surface area contributed by atoms with Crippen LogP contribution in [0.3, 0.4) is 0 Å². The average Bonchev–Trinajstić information content (AvgIpc) is 2.23. The summed E-state index contributed by atoms with van der Waals surface area (Å²) in [6.45, 7) is 0. The van der Waals surface area contributed by atoms with E-state index in [0.717, 1.165) is 6.42 Å². The van der Waals surface area contributed by atoms with Crippen molar-refractivity contribution in [2.75, 3.05) is 12.0 Å². The highest BCUT2D eigenvalue weighted by molar-refractivity contribution is 7.90. The van der Waals surface area contributed by atoms with Gasteiger partial charge in [0, 0.05) is 18.1 Å². The fourth-order valence-corrected chi connectivity index (χ4v) is 3.60. The fourth-order valence-electron chi connectivity index (χ4n) is 2.91. The van der Waals surface area contributed by atoms with Crippen molar-refractivity contribution in [3.8, 4) is 0 Å². The van der Waals surface area contributed by atoms with E-state index in [2.05, 4.69) is 5.43 Å². The van der Waals surface area contributed by atoms with Gasteiger partial charge in [-0.05, 0) is 31.6 Å². The van der Waals surface area contributed by atoms with E-state index in [9.17, 15) is 8.42 Å². The molecule has 1 aliphatic carbocycles. The number of hydrogen-bond donors (Lipinski definition) is 2. The summed E-state index contributed by atoms with van der Waals surface area (Å²) in [5, 5.41) is 0. The maximum absolute atomic E-state index is 11.1. The normalized spacial score (nSPS) is 21.2. The van der Waals surface area contributed by atoms with Gasteiger partial charge in [0.2, 0.25) is 0 Å². The van der Waals surface area contributed by atoms with Crippen LogP contribution in [0.5, 0.6) is 0 Å². The molecule has 1 saturated carbocycles. The van der Waals surface area contributed by atoms with Gasteiger partial charge in [0.1, 0.15) is 9.84 Å². The summed E-state index contributed by atoms with van der Waals surface area (Å²) in [7, 11) is -2.84. The van der Waals surface area contributed by atoms with Gasteiger partial charge in [0.15, 0.2) is 0 Å².